The molecule has 2 rings (SSSR count). The predicted molar refractivity (Wildman–Crippen MR) is 64.2 cm³/mol. The van der Waals surface area contributed by atoms with Gasteiger partial charge < -0.3 is 0 Å². The highest BCUT2D eigenvalue weighted by Crippen LogP contribution is 2.30. The standard InChI is InChI=1S/C12H14O.C2H6/c1-8(2)11-7-9-5-3-4-6-10(9)12(11)13;1-2/h3-6,8,11H,7H2,1-2H3;1-2H3. The van der Waals surface area contributed by atoms with Crippen LogP contribution in [-0.4, -0.2) is 5.78 Å². The van der Waals surface area contributed by atoms with Crippen LogP contribution in [0, 0.1) is 11.8 Å². The average Bonchev–Trinajstić information content (AvgIpc) is 2.60. The maximum atomic E-state index is 11.8. The number of carbonyl (C=O) groups is 1. The number of rotatable bonds is 1. The molecule has 0 heterocycles. The molecule has 0 fully saturated rings. The van der Waals surface area contributed by atoms with Crippen molar-refractivity contribution in [1.29, 1.82) is 0 Å². The minimum absolute atomic E-state index is 0.220. The maximum absolute atomic E-state index is 11.8. The number of benzene rings is 1. The fourth-order valence-electron chi connectivity index (χ4n) is 2.01. The lowest BCUT2D eigenvalue weighted by Crippen LogP contribution is -2.15. The predicted octanol–water partition coefficient (Wildman–Crippen LogP) is 3.72. The molecule has 1 heteroatoms. The van der Waals surface area contributed by atoms with Crippen LogP contribution in [0.15, 0.2) is 24.3 Å². The quantitative estimate of drug-likeness (QED) is 0.681. The Hall–Kier alpha value is -1.11. The molecule has 15 heavy (non-hydrogen) atoms. The minimum Gasteiger partial charge on any atom is -0.294 e. The van der Waals surface area contributed by atoms with Crippen LogP contribution in [0.4, 0.5) is 0 Å². The third-order valence-electron chi connectivity index (χ3n) is 2.86. The zero-order valence-electron chi connectivity index (χ0n) is 10.1. The van der Waals surface area contributed by atoms with E-state index in [0.29, 0.717) is 11.7 Å². The maximum Gasteiger partial charge on any atom is 0.166 e. The van der Waals surface area contributed by atoms with Crippen LogP contribution < -0.4 is 0 Å². The number of ketones is 1. The fourth-order valence-corrected chi connectivity index (χ4v) is 2.01. The van der Waals surface area contributed by atoms with Crippen LogP contribution in [-0.2, 0) is 6.42 Å². The molecule has 1 atom stereocenters. The summed E-state index contributed by atoms with van der Waals surface area (Å²) in [6.07, 6.45) is 0.937. The van der Waals surface area contributed by atoms with E-state index >= 15 is 0 Å². The first-order chi connectivity index (χ1) is 7.20. The summed E-state index contributed by atoms with van der Waals surface area (Å²) in [6, 6.07) is 7.96. The fraction of sp³-hybridized carbons (Fsp3) is 0.500. The van der Waals surface area contributed by atoms with Gasteiger partial charge in [0.15, 0.2) is 5.78 Å². The van der Waals surface area contributed by atoms with Crippen LogP contribution >= 0.6 is 0 Å². The Labute approximate surface area is 92.5 Å². The van der Waals surface area contributed by atoms with Gasteiger partial charge in [-0.3, -0.25) is 4.79 Å². The van der Waals surface area contributed by atoms with Gasteiger partial charge in [-0.2, -0.15) is 0 Å². The van der Waals surface area contributed by atoms with Crippen molar-refractivity contribution >= 4 is 5.78 Å². The summed E-state index contributed by atoms with van der Waals surface area (Å²) in [5.41, 5.74) is 2.17. The van der Waals surface area contributed by atoms with Gasteiger partial charge in [0.2, 0.25) is 0 Å². The zero-order chi connectivity index (χ0) is 11.4. The Kier molecular flexibility index (Phi) is 4.07. The van der Waals surface area contributed by atoms with Gasteiger partial charge in [0.1, 0.15) is 0 Å². The Balaban J connectivity index is 0.000000531. The van der Waals surface area contributed by atoms with Crippen LogP contribution in [0.3, 0.4) is 0 Å². The molecule has 0 bridgehead atoms. The van der Waals surface area contributed by atoms with E-state index in [9.17, 15) is 4.79 Å². The van der Waals surface area contributed by atoms with Crippen molar-refractivity contribution in [1.82, 2.24) is 0 Å². The average molecular weight is 204 g/mol. The van der Waals surface area contributed by atoms with Gasteiger partial charge in [-0.1, -0.05) is 52.0 Å². The molecule has 0 aliphatic heterocycles. The van der Waals surface area contributed by atoms with E-state index in [0.717, 1.165) is 12.0 Å². The molecule has 0 aromatic heterocycles. The van der Waals surface area contributed by atoms with E-state index in [2.05, 4.69) is 19.9 Å². The van der Waals surface area contributed by atoms with E-state index in [4.69, 9.17) is 0 Å². The molecule has 0 saturated carbocycles. The highest BCUT2D eigenvalue weighted by atomic mass is 16.1. The molecule has 1 aliphatic carbocycles. The second-order valence-electron chi connectivity index (χ2n) is 4.08. The number of carbonyl (C=O) groups excluding carboxylic acids is 1. The minimum atomic E-state index is 0.220. The number of fused-ring (bicyclic) bond motifs is 1. The molecule has 0 spiro atoms. The lowest BCUT2D eigenvalue weighted by Gasteiger charge is -2.10. The molecule has 0 saturated heterocycles. The van der Waals surface area contributed by atoms with Gasteiger partial charge in [-0.15, -0.1) is 0 Å². The SMILES string of the molecule is CC.CC(C)C1Cc2ccccc2C1=O. The van der Waals surface area contributed by atoms with Crippen molar-refractivity contribution in [2.75, 3.05) is 0 Å². The van der Waals surface area contributed by atoms with Crippen molar-refractivity contribution in [3.8, 4) is 0 Å². The van der Waals surface area contributed by atoms with Gasteiger partial charge in [0.25, 0.3) is 0 Å². The summed E-state index contributed by atoms with van der Waals surface area (Å²) in [7, 11) is 0. The first kappa shape index (κ1) is 12.0. The van der Waals surface area contributed by atoms with Crippen molar-refractivity contribution in [3.63, 3.8) is 0 Å². The summed E-state index contributed by atoms with van der Waals surface area (Å²) in [6.45, 7) is 8.24. The van der Waals surface area contributed by atoms with Crippen LogP contribution in [0.1, 0.15) is 43.6 Å². The van der Waals surface area contributed by atoms with Crippen LogP contribution in [0.2, 0.25) is 0 Å². The third-order valence-corrected chi connectivity index (χ3v) is 2.86. The van der Waals surface area contributed by atoms with Gasteiger partial charge in [0.05, 0.1) is 0 Å². The number of Topliss-reactive ketones (excluding diaryl/α,β-unsaturated/α-hetero) is 1. The van der Waals surface area contributed by atoms with E-state index in [-0.39, 0.29) is 5.92 Å². The first-order valence-electron chi connectivity index (χ1n) is 5.82. The Morgan fingerprint density at radius 2 is 1.80 bits per heavy atom. The summed E-state index contributed by atoms with van der Waals surface area (Å²) in [5, 5.41) is 0. The van der Waals surface area contributed by atoms with Crippen LogP contribution in [0.25, 0.3) is 0 Å². The molecule has 0 amide bonds. The molecule has 1 aromatic rings. The molecular weight excluding hydrogens is 184 g/mol. The second kappa shape index (κ2) is 5.11. The lowest BCUT2D eigenvalue weighted by atomic mass is 9.92. The number of hydrogen-bond acceptors (Lipinski definition) is 1. The van der Waals surface area contributed by atoms with E-state index in [1.165, 1.54) is 5.56 Å². The largest absolute Gasteiger partial charge is 0.294 e. The van der Waals surface area contributed by atoms with E-state index in [1.807, 2.05) is 32.0 Å². The Morgan fingerprint density at radius 1 is 1.20 bits per heavy atom. The van der Waals surface area contributed by atoms with Gasteiger partial charge in [-0.05, 0) is 17.9 Å². The summed E-state index contributed by atoms with van der Waals surface area (Å²) >= 11 is 0. The number of hydrogen-bond donors (Lipinski definition) is 0. The first-order valence-corrected chi connectivity index (χ1v) is 5.82. The van der Waals surface area contributed by atoms with Gasteiger partial charge in [0, 0.05) is 11.5 Å². The molecule has 0 radical (unpaired) electrons. The molecule has 82 valence electrons. The Bertz CT molecular complexity index is 339. The van der Waals surface area contributed by atoms with Crippen molar-refractivity contribution in [2.24, 2.45) is 11.8 Å². The lowest BCUT2D eigenvalue weighted by molar-refractivity contribution is 0.0906. The smallest absolute Gasteiger partial charge is 0.166 e. The van der Waals surface area contributed by atoms with E-state index in [1.54, 1.807) is 0 Å². The third kappa shape index (κ3) is 2.28. The molecule has 1 nitrogen and oxygen atoms in total. The zero-order valence-corrected chi connectivity index (χ0v) is 10.1. The summed E-state index contributed by atoms with van der Waals surface area (Å²) < 4.78 is 0. The van der Waals surface area contributed by atoms with Gasteiger partial charge in [-0.25, -0.2) is 0 Å². The van der Waals surface area contributed by atoms with Crippen molar-refractivity contribution in [3.05, 3.63) is 35.4 Å². The Morgan fingerprint density at radius 3 is 2.33 bits per heavy atom. The topological polar surface area (TPSA) is 17.1 Å². The molecule has 1 aliphatic rings. The summed E-state index contributed by atoms with van der Waals surface area (Å²) in [4.78, 5) is 11.8. The van der Waals surface area contributed by atoms with Crippen LogP contribution in [0.5, 0.6) is 0 Å². The normalized spacial score (nSPS) is 18.5. The second-order valence-corrected chi connectivity index (χ2v) is 4.08. The highest BCUT2D eigenvalue weighted by molar-refractivity contribution is 6.02. The molecule has 1 unspecified atom stereocenters. The molecule has 1 aromatic carbocycles. The molecular formula is C14H20O. The van der Waals surface area contributed by atoms with Crippen molar-refractivity contribution < 1.29 is 4.79 Å². The van der Waals surface area contributed by atoms with E-state index < -0.39 is 0 Å². The molecule has 0 N–H and O–H groups in total. The monoisotopic (exact) mass is 204 g/mol. The summed E-state index contributed by atoms with van der Waals surface area (Å²) in [5.74, 6) is 1.02. The van der Waals surface area contributed by atoms with Crippen molar-refractivity contribution in [2.45, 2.75) is 34.1 Å². The van der Waals surface area contributed by atoms with Gasteiger partial charge >= 0.3 is 0 Å². The highest BCUT2D eigenvalue weighted by Gasteiger charge is 2.31.